The molecule has 0 aliphatic rings. The minimum atomic E-state index is -0.349. The maximum absolute atomic E-state index is 12.7. The van der Waals surface area contributed by atoms with Crippen LogP contribution in [0.2, 0.25) is 0 Å². The van der Waals surface area contributed by atoms with Gasteiger partial charge in [-0.25, -0.2) is 9.97 Å². The number of aryl methyl sites for hydroxylation is 1. The number of para-hydroxylation sites is 1. The van der Waals surface area contributed by atoms with Crippen LogP contribution in [0.4, 0.5) is 11.5 Å². The van der Waals surface area contributed by atoms with Crippen molar-refractivity contribution in [2.24, 2.45) is 0 Å². The molecule has 0 saturated heterocycles. The standard InChI is InChI=1S/C22H24N4O/c1-15-10-8-9-13-17(15)23-19-14-18(21(27)26-22(2,3)4)24-20(25-19)16-11-6-5-7-12-16/h5-14H,1-4H3,(H,26,27)(H,23,24,25). The third-order valence-electron chi connectivity index (χ3n) is 3.89. The van der Waals surface area contributed by atoms with Crippen LogP contribution in [0.25, 0.3) is 11.4 Å². The molecule has 138 valence electrons. The van der Waals surface area contributed by atoms with Crippen LogP contribution < -0.4 is 10.6 Å². The number of benzene rings is 2. The van der Waals surface area contributed by atoms with Gasteiger partial charge in [0.05, 0.1) is 0 Å². The Kier molecular flexibility index (Phi) is 5.21. The minimum Gasteiger partial charge on any atom is -0.346 e. The number of anilines is 2. The van der Waals surface area contributed by atoms with Crippen molar-refractivity contribution in [2.45, 2.75) is 33.2 Å². The van der Waals surface area contributed by atoms with Crippen molar-refractivity contribution in [1.82, 2.24) is 15.3 Å². The predicted molar refractivity (Wildman–Crippen MR) is 109 cm³/mol. The molecule has 0 unspecified atom stereocenters. The quantitative estimate of drug-likeness (QED) is 0.706. The normalized spacial score (nSPS) is 11.1. The fourth-order valence-electron chi connectivity index (χ4n) is 2.60. The van der Waals surface area contributed by atoms with Crippen LogP contribution in [-0.2, 0) is 0 Å². The molecule has 0 aliphatic heterocycles. The van der Waals surface area contributed by atoms with Crippen molar-refractivity contribution in [2.75, 3.05) is 5.32 Å². The summed E-state index contributed by atoms with van der Waals surface area (Å²) in [6.45, 7) is 7.85. The zero-order chi connectivity index (χ0) is 19.4. The number of rotatable bonds is 4. The summed E-state index contributed by atoms with van der Waals surface area (Å²) < 4.78 is 0. The number of nitrogens with one attached hydrogen (secondary N) is 2. The zero-order valence-corrected chi connectivity index (χ0v) is 16.1. The molecule has 0 radical (unpaired) electrons. The number of aromatic nitrogens is 2. The first-order chi connectivity index (χ1) is 12.8. The van der Waals surface area contributed by atoms with Crippen molar-refractivity contribution in [3.05, 3.63) is 71.9 Å². The van der Waals surface area contributed by atoms with Gasteiger partial charge in [-0.1, -0.05) is 48.5 Å². The summed E-state index contributed by atoms with van der Waals surface area (Å²) in [5, 5.41) is 6.27. The maximum Gasteiger partial charge on any atom is 0.270 e. The Hall–Kier alpha value is -3.21. The van der Waals surface area contributed by atoms with E-state index in [2.05, 4.69) is 20.6 Å². The van der Waals surface area contributed by atoms with Gasteiger partial charge in [0.15, 0.2) is 5.82 Å². The molecule has 0 atom stereocenters. The molecule has 0 saturated carbocycles. The third kappa shape index (κ3) is 4.91. The van der Waals surface area contributed by atoms with Gasteiger partial charge in [-0.15, -0.1) is 0 Å². The van der Waals surface area contributed by atoms with Crippen LogP contribution >= 0.6 is 0 Å². The van der Waals surface area contributed by atoms with E-state index >= 15 is 0 Å². The van der Waals surface area contributed by atoms with Crippen LogP contribution in [0, 0.1) is 6.92 Å². The van der Waals surface area contributed by atoms with Crippen LogP contribution in [-0.4, -0.2) is 21.4 Å². The van der Waals surface area contributed by atoms with E-state index in [1.807, 2.05) is 82.3 Å². The monoisotopic (exact) mass is 360 g/mol. The zero-order valence-electron chi connectivity index (χ0n) is 16.1. The van der Waals surface area contributed by atoms with E-state index in [0.717, 1.165) is 16.8 Å². The Morgan fingerprint density at radius 2 is 1.59 bits per heavy atom. The molecule has 3 rings (SSSR count). The molecule has 5 nitrogen and oxygen atoms in total. The predicted octanol–water partition coefficient (Wildman–Crippen LogP) is 4.72. The Morgan fingerprint density at radius 3 is 2.26 bits per heavy atom. The molecule has 1 amide bonds. The van der Waals surface area contributed by atoms with Crippen molar-refractivity contribution < 1.29 is 4.79 Å². The summed E-state index contributed by atoms with van der Waals surface area (Å²) in [4.78, 5) is 21.8. The van der Waals surface area contributed by atoms with Crippen molar-refractivity contribution >= 4 is 17.4 Å². The van der Waals surface area contributed by atoms with E-state index in [9.17, 15) is 4.79 Å². The molecule has 2 aromatic carbocycles. The fraction of sp³-hybridized carbons (Fsp3) is 0.227. The number of hydrogen-bond acceptors (Lipinski definition) is 4. The minimum absolute atomic E-state index is 0.227. The summed E-state index contributed by atoms with van der Waals surface area (Å²) >= 11 is 0. The maximum atomic E-state index is 12.7. The molecule has 5 heteroatoms. The lowest BCUT2D eigenvalue weighted by atomic mass is 10.1. The van der Waals surface area contributed by atoms with Gasteiger partial charge >= 0.3 is 0 Å². The van der Waals surface area contributed by atoms with E-state index < -0.39 is 0 Å². The average Bonchev–Trinajstić information content (AvgIpc) is 2.63. The first kappa shape index (κ1) is 18.6. The number of carbonyl (C=O) groups excluding carboxylic acids is 1. The lowest BCUT2D eigenvalue weighted by Crippen LogP contribution is -2.41. The van der Waals surface area contributed by atoms with Crippen LogP contribution in [0.3, 0.4) is 0 Å². The fourth-order valence-corrected chi connectivity index (χ4v) is 2.60. The van der Waals surface area contributed by atoms with E-state index in [1.54, 1.807) is 6.07 Å². The largest absolute Gasteiger partial charge is 0.346 e. The molecular formula is C22H24N4O. The average molecular weight is 360 g/mol. The van der Waals surface area contributed by atoms with Crippen molar-refractivity contribution in [3.63, 3.8) is 0 Å². The summed E-state index contributed by atoms with van der Waals surface area (Å²) in [5.41, 5.74) is 2.87. The van der Waals surface area contributed by atoms with E-state index in [1.165, 1.54) is 0 Å². The first-order valence-electron chi connectivity index (χ1n) is 8.91. The summed E-state index contributed by atoms with van der Waals surface area (Å²) in [6.07, 6.45) is 0. The molecule has 27 heavy (non-hydrogen) atoms. The van der Waals surface area contributed by atoms with Crippen molar-refractivity contribution in [3.8, 4) is 11.4 Å². The molecule has 0 bridgehead atoms. The summed E-state index contributed by atoms with van der Waals surface area (Å²) in [5.74, 6) is 0.861. The van der Waals surface area contributed by atoms with Crippen molar-refractivity contribution in [1.29, 1.82) is 0 Å². The molecule has 3 aromatic rings. The first-order valence-corrected chi connectivity index (χ1v) is 8.91. The lowest BCUT2D eigenvalue weighted by Gasteiger charge is -2.20. The number of nitrogens with zero attached hydrogens (tertiary/aromatic N) is 2. The molecular weight excluding hydrogens is 336 g/mol. The highest BCUT2D eigenvalue weighted by molar-refractivity contribution is 5.94. The van der Waals surface area contributed by atoms with Crippen LogP contribution in [0.5, 0.6) is 0 Å². The Bertz CT molecular complexity index is 946. The topological polar surface area (TPSA) is 66.9 Å². The second-order valence-electron chi connectivity index (χ2n) is 7.47. The molecule has 0 aliphatic carbocycles. The van der Waals surface area contributed by atoms with Gasteiger partial charge in [-0.3, -0.25) is 4.79 Å². The molecule has 1 heterocycles. The summed E-state index contributed by atoms with van der Waals surface area (Å²) in [7, 11) is 0. The van der Waals surface area contributed by atoms with Crippen LogP contribution in [0.15, 0.2) is 60.7 Å². The van der Waals surface area contributed by atoms with Gasteiger partial charge in [0, 0.05) is 22.9 Å². The smallest absolute Gasteiger partial charge is 0.270 e. The second kappa shape index (κ2) is 7.58. The highest BCUT2D eigenvalue weighted by Crippen LogP contribution is 2.23. The van der Waals surface area contributed by atoms with Gasteiger partial charge in [-0.05, 0) is 39.3 Å². The van der Waals surface area contributed by atoms with Gasteiger partial charge < -0.3 is 10.6 Å². The Labute approximate surface area is 159 Å². The molecule has 2 N–H and O–H groups in total. The van der Waals surface area contributed by atoms with E-state index in [4.69, 9.17) is 0 Å². The lowest BCUT2D eigenvalue weighted by molar-refractivity contribution is 0.0914. The van der Waals surface area contributed by atoms with Gasteiger partial charge in [0.25, 0.3) is 5.91 Å². The Morgan fingerprint density at radius 1 is 0.926 bits per heavy atom. The highest BCUT2D eigenvalue weighted by atomic mass is 16.2. The second-order valence-corrected chi connectivity index (χ2v) is 7.47. The van der Waals surface area contributed by atoms with Crippen LogP contribution in [0.1, 0.15) is 36.8 Å². The third-order valence-corrected chi connectivity index (χ3v) is 3.89. The highest BCUT2D eigenvalue weighted by Gasteiger charge is 2.18. The summed E-state index contributed by atoms with van der Waals surface area (Å²) in [6, 6.07) is 19.3. The number of amides is 1. The molecule has 1 aromatic heterocycles. The molecule has 0 spiro atoms. The van der Waals surface area contributed by atoms with E-state index in [0.29, 0.717) is 17.3 Å². The number of carbonyl (C=O) groups is 1. The Balaban J connectivity index is 2.03. The van der Waals surface area contributed by atoms with E-state index in [-0.39, 0.29) is 11.4 Å². The SMILES string of the molecule is Cc1ccccc1Nc1cc(C(=O)NC(C)(C)C)nc(-c2ccccc2)n1. The van der Waals surface area contributed by atoms with Gasteiger partial charge in [0.1, 0.15) is 11.5 Å². The molecule has 0 fully saturated rings. The van der Waals surface area contributed by atoms with Gasteiger partial charge in [0.2, 0.25) is 0 Å². The number of hydrogen-bond donors (Lipinski definition) is 2. The van der Waals surface area contributed by atoms with Gasteiger partial charge in [-0.2, -0.15) is 0 Å².